The van der Waals surface area contributed by atoms with Gasteiger partial charge in [-0.1, -0.05) is 27.5 Å². The van der Waals surface area contributed by atoms with Crippen LogP contribution in [0.5, 0.6) is 11.5 Å². The molecule has 3 N–H and O–H groups in total. The molecule has 9 heteroatoms. The lowest BCUT2D eigenvalue weighted by atomic mass is 10.1. The molecular weight excluding hydrogens is 486 g/mol. The Bertz CT molecular complexity index is 1130. The number of hydrazone groups is 1. The molecule has 0 aliphatic rings. The number of halogens is 2. The van der Waals surface area contributed by atoms with Crippen molar-refractivity contribution in [2.24, 2.45) is 5.10 Å². The number of rotatable bonds is 6. The van der Waals surface area contributed by atoms with Crippen molar-refractivity contribution in [2.75, 3.05) is 12.4 Å². The van der Waals surface area contributed by atoms with Crippen LogP contribution < -0.4 is 15.5 Å². The topological polar surface area (TPSA) is 100 Å². The third-order valence-corrected chi connectivity index (χ3v) is 4.88. The molecule has 0 saturated heterocycles. The van der Waals surface area contributed by atoms with Crippen molar-refractivity contribution in [2.45, 2.75) is 0 Å². The van der Waals surface area contributed by atoms with E-state index in [0.717, 1.165) is 0 Å². The summed E-state index contributed by atoms with van der Waals surface area (Å²) in [5.74, 6) is -0.557. The van der Waals surface area contributed by atoms with E-state index in [2.05, 4.69) is 31.8 Å². The predicted molar refractivity (Wildman–Crippen MR) is 123 cm³/mol. The highest BCUT2D eigenvalue weighted by Crippen LogP contribution is 2.32. The van der Waals surface area contributed by atoms with Gasteiger partial charge in [0.05, 0.1) is 13.3 Å². The van der Waals surface area contributed by atoms with E-state index in [1.54, 1.807) is 60.7 Å². The van der Waals surface area contributed by atoms with E-state index in [0.29, 0.717) is 31.9 Å². The number of anilines is 1. The van der Waals surface area contributed by atoms with Gasteiger partial charge in [-0.25, -0.2) is 5.43 Å². The molecule has 0 saturated carbocycles. The van der Waals surface area contributed by atoms with Gasteiger partial charge in [-0.05, 0) is 60.7 Å². The summed E-state index contributed by atoms with van der Waals surface area (Å²) in [7, 11) is 1.44. The first-order valence-electron chi connectivity index (χ1n) is 8.94. The predicted octanol–water partition coefficient (Wildman–Crippen LogP) is 4.83. The number of methoxy groups -OCH3 is 1. The van der Waals surface area contributed by atoms with Crippen LogP contribution in [0.1, 0.15) is 26.3 Å². The molecule has 2 amide bonds. The molecule has 3 aromatic rings. The van der Waals surface area contributed by atoms with E-state index in [1.165, 1.54) is 13.3 Å². The van der Waals surface area contributed by atoms with E-state index in [1.807, 2.05) is 0 Å². The first-order valence-corrected chi connectivity index (χ1v) is 10.1. The molecule has 0 fully saturated rings. The van der Waals surface area contributed by atoms with Crippen LogP contribution in [0.3, 0.4) is 0 Å². The van der Waals surface area contributed by atoms with E-state index in [4.69, 9.17) is 16.3 Å². The molecular formula is C22H17BrClN3O4. The third-order valence-electron chi connectivity index (χ3n) is 4.17. The maximum Gasteiger partial charge on any atom is 0.271 e. The summed E-state index contributed by atoms with van der Waals surface area (Å²) in [5.41, 5.74) is 4.10. The lowest BCUT2D eigenvalue weighted by Gasteiger charge is -2.07. The first-order chi connectivity index (χ1) is 14.9. The molecule has 0 aromatic heterocycles. The summed E-state index contributed by atoms with van der Waals surface area (Å²) in [6, 6.07) is 16.1. The maximum absolute atomic E-state index is 12.3. The smallest absolute Gasteiger partial charge is 0.271 e. The summed E-state index contributed by atoms with van der Waals surface area (Å²) < 4.78 is 5.76. The first kappa shape index (κ1) is 22.3. The highest BCUT2D eigenvalue weighted by molar-refractivity contribution is 9.10. The van der Waals surface area contributed by atoms with Crippen LogP contribution in [0.15, 0.2) is 70.2 Å². The summed E-state index contributed by atoms with van der Waals surface area (Å²) >= 11 is 9.13. The van der Waals surface area contributed by atoms with Crippen LogP contribution in [-0.4, -0.2) is 30.2 Å². The second-order valence-electron chi connectivity index (χ2n) is 6.28. The normalized spacial score (nSPS) is 10.7. The van der Waals surface area contributed by atoms with Crippen molar-refractivity contribution in [1.82, 2.24) is 5.43 Å². The molecule has 3 rings (SSSR count). The quantitative estimate of drug-likeness (QED) is 0.332. The van der Waals surface area contributed by atoms with Crippen molar-refractivity contribution >= 4 is 51.2 Å². The molecule has 0 radical (unpaired) electrons. The van der Waals surface area contributed by atoms with Gasteiger partial charge in [0.15, 0.2) is 11.5 Å². The minimum atomic E-state index is -0.451. The van der Waals surface area contributed by atoms with Crippen LogP contribution in [0, 0.1) is 0 Å². The fraction of sp³-hybridized carbons (Fsp3) is 0.0455. The lowest BCUT2D eigenvalue weighted by molar-refractivity contribution is 0.0954. The van der Waals surface area contributed by atoms with Crippen LogP contribution in [-0.2, 0) is 0 Å². The molecule has 31 heavy (non-hydrogen) atoms. The minimum absolute atomic E-state index is 0.0931. The largest absolute Gasteiger partial charge is 0.504 e. The molecule has 0 aliphatic heterocycles. The Balaban J connectivity index is 1.62. The molecule has 3 aromatic carbocycles. The van der Waals surface area contributed by atoms with Crippen molar-refractivity contribution in [1.29, 1.82) is 0 Å². The number of carbonyl (C=O) groups is 2. The maximum atomic E-state index is 12.3. The van der Waals surface area contributed by atoms with Gasteiger partial charge in [0, 0.05) is 31.9 Å². The fourth-order valence-electron chi connectivity index (χ4n) is 2.58. The zero-order valence-electron chi connectivity index (χ0n) is 16.2. The van der Waals surface area contributed by atoms with Gasteiger partial charge in [0.25, 0.3) is 11.8 Å². The molecule has 0 bridgehead atoms. The molecule has 158 valence electrons. The fourth-order valence-corrected chi connectivity index (χ4v) is 3.16. The number of amides is 2. The van der Waals surface area contributed by atoms with Gasteiger partial charge in [-0.3, -0.25) is 9.59 Å². The third kappa shape index (κ3) is 5.84. The summed E-state index contributed by atoms with van der Waals surface area (Å²) in [4.78, 5) is 24.5. The van der Waals surface area contributed by atoms with Crippen molar-refractivity contribution in [3.8, 4) is 11.5 Å². The number of benzene rings is 3. The van der Waals surface area contributed by atoms with E-state index in [9.17, 15) is 14.7 Å². The van der Waals surface area contributed by atoms with Crippen LogP contribution in [0.2, 0.25) is 5.02 Å². The SMILES string of the molecule is COc1cc(Br)cc(C=NNC(=O)c2ccc(NC(=O)c3ccc(Cl)cc3)cc2)c1O. The number of nitrogens with one attached hydrogen (secondary N) is 2. The monoisotopic (exact) mass is 501 g/mol. The second kappa shape index (κ2) is 10.1. The van der Waals surface area contributed by atoms with Crippen molar-refractivity contribution in [3.05, 3.63) is 86.8 Å². The number of hydrogen-bond acceptors (Lipinski definition) is 5. The Morgan fingerprint density at radius 3 is 2.29 bits per heavy atom. The molecule has 0 heterocycles. The Hall–Kier alpha value is -3.36. The number of aromatic hydroxyl groups is 1. The van der Waals surface area contributed by atoms with Crippen LogP contribution in [0.25, 0.3) is 0 Å². The van der Waals surface area contributed by atoms with Crippen LogP contribution >= 0.6 is 27.5 Å². The minimum Gasteiger partial charge on any atom is -0.504 e. The van der Waals surface area contributed by atoms with E-state index < -0.39 is 5.91 Å². The Morgan fingerprint density at radius 1 is 1.03 bits per heavy atom. The van der Waals surface area contributed by atoms with Crippen molar-refractivity contribution < 1.29 is 19.4 Å². The number of carbonyl (C=O) groups excluding carboxylic acids is 2. The van der Waals surface area contributed by atoms with Gasteiger partial charge >= 0.3 is 0 Å². The van der Waals surface area contributed by atoms with E-state index in [-0.39, 0.29) is 17.4 Å². The van der Waals surface area contributed by atoms with Gasteiger partial charge in [0.2, 0.25) is 0 Å². The van der Waals surface area contributed by atoms with Crippen molar-refractivity contribution in [3.63, 3.8) is 0 Å². The highest BCUT2D eigenvalue weighted by Gasteiger charge is 2.10. The number of ether oxygens (including phenoxy) is 1. The molecule has 0 aliphatic carbocycles. The standard InChI is InChI=1S/C22H17BrClN3O4/c1-31-19-11-16(23)10-15(20(19)28)12-25-27-22(30)14-4-8-18(9-5-14)26-21(29)13-2-6-17(24)7-3-13/h2-12,28H,1H3,(H,26,29)(H,27,30). The second-order valence-corrected chi connectivity index (χ2v) is 7.64. The summed E-state index contributed by atoms with van der Waals surface area (Å²) in [5, 5.41) is 17.3. The molecule has 0 unspecified atom stereocenters. The Labute approximate surface area is 191 Å². The highest BCUT2D eigenvalue weighted by atomic mass is 79.9. The number of hydrogen-bond donors (Lipinski definition) is 3. The average molecular weight is 503 g/mol. The number of nitrogens with zero attached hydrogens (tertiary/aromatic N) is 1. The molecule has 7 nitrogen and oxygen atoms in total. The lowest BCUT2D eigenvalue weighted by Crippen LogP contribution is -2.18. The van der Waals surface area contributed by atoms with Gasteiger partial charge in [-0.2, -0.15) is 5.10 Å². The van der Waals surface area contributed by atoms with Gasteiger partial charge in [0.1, 0.15) is 0 Å². The number of phenols is 1. The summed E-state index contributed by atoms with van der Waals surface area (Å²) in [6.07, 6.45) is 1.31. The average Bonchev–Trinajstić information content (AvgIpc) is 2.76. The van der Waals surface area contributed by atoms with Gasteiger partial charge in [-0.15, -0.1) is 0 Å². The van der Waals surface area contributed by atoms with Gasteiger partial charge < -0.3 is 15.2 Å². The van der Waals surface area contributed by atoms with E-state index >= 15 is 0 Å². The summed E-state index contributed by atoms with van der Waals surface area (Å²) in [6.45, 7) is 0. The zero-order valence-corrected chi connectivity index (χ0v) is 18.6. The van der Waals surface area contributed by atoms with Crippen LogP contribution in [0.4, 0.5) is 5.69 Å². The Morgan fingerprint density at radius 2 is 1.65 bits per heavy atom. The zero-order chi connectivity index (χ0) is 22.4. The molecule has 0 atom stereocenters. The Kier molecular flexibility index (Phi) is 7.28. The number of phenolic OH excluding ortho intramolecular Hbond substituents is 1. The molecule has 0 spiro atoms.